The van der Waals surface area contributed by atoms with E-state index in [0.29, 0.717) is 17.9 Å². The van der Waals surface area contributed by atoms with Crippen molar-refractivity contribution in [1.82, 2.24) is 9.88 Å². The predicted molar refractivity (Wildman–Crippen MR) is 87.4 cm³/mol. The molecule has 23 heavy (non-hydrogen) atoms. The van der Waals surface area contributed by atoms with Gasteiger partial charge in [0.1, 0.15) is 11.6 Å². The van der Waals surface area contributed by atoms with Crippen LogP contribution in [0, 0.1) is 5.82 Å². The van der Waals surface area contributed by atoms with Crippen molar-refractivity contribution in [1.29, 1.82) is 0 Å². The van der Waals surface area contributed by atoms with Gasteiger partial charge >= 0.3 is 0 Å². The van der Waals surface area contributed by atoms with E-state index in [0.717, 1.165) is 11.4 Å². The van der Waals surface area contributed by atoms with Gasteiger partial charge in [0.15, 0.2) is 0 Å². The molecular formula is C19H17FN2O. The standard InChI is InChI=1S/C19H17FN2O/c1-23-14-8-9-16(20)15(11-14)19-18-7-4-10-22(18)17-6-3-2-5-13(17)12-21-19/h2-11,19,21H,12H2,1H3. The number of nitrogens with zero attached hydrogens (tertiary/aromatic N) is 1. The van der Waals surface area contributed by atoms with E-state index in [2.05, 4.69) is 22.0 Å². The van der Waals surface area contributed by atoms with Crippen LogP contribution < -0.4 is 10.1 Å². The maximum atomic E-state index is 14.4. The lowest BCUT2D eigenvalue weighted by Crippen LogP contribution is -2.22. The molecule has 0 amide bonds. The van der Waals surface area contributed by atoms with E-state index in [1.807, 2.05) is 30.5 Å². The highest BCUT2D eigenvalue weighted by molar-refractivity contribution is 5.47. The number of nitrogens with one attached hydrogen (secondary N) is 1. The maximum Gasteiger partial charge on any atom is 0.128 e. The number of benzene rings is 2. The topological polar surface area (TPSA) is 26.2 Å². The normalized spacial score (nSPS) is 16.3. The number of hydrogen-bond acceptors (Lipinski definition) is 2. The highest BCUT2D eigenvalue weighted by atomic mass is 19.1. The van der Waals surface area contributed by atoms with Gasteiger partial charge < -0.3 is 14.6 Å². The zero-order chi connectivity index (χ0) is 15.8. The number of ether oxygens (including phenoxy) is 1. The summed E-state index contributed by atoms with van der Waals surface area (Å²) in [5.41, 5.74) is 3.93. The Morgan fingerprint density at radius 2 is 2.00 bits per heavy atom. The van der Waals surface area contributed by atoms with Crippen molar-refractivity contribution in [2.45, 2.75) is 12.6 Å². The Balaban J connectivity index is 1.87. The van der Waals surface area contributed by atoms with Crippen LogP contribution in [0.5, 0.6) is 5.75 Å². The number of hydrogen-bond donors (Lipinski definition) is 1. The van der Waals surface area contributed by atoms with E-state index >= 15 is 0 Å². The molecule has 4 heteroatoms. The molecule has 4 rings (SSSR count). The molecule has 1 aliphatic heterocycles. The van der Waals surface area contributed by atoms with E-state index < -0.39 is 0 Å². The van der Waals surface area contributed by atoms with Crippen LogP contribution >= 0.6 is 0 Å². The van der Waals surface area contributed by atoms with Crippen molar-refractivity contribution in [2.24, 2.45) is 0 Å². The quantitative estimate of drug-likeness (QED) is 0.779. The van der Waals surface area contributed by atoms with Gasteiger partial charge in [0.05, 0.1) is 13.2 Å². The average molecular weight is 308 g/mol. The number of methoxy groups -OCH3 is 1. The second-order valence-electron chi connectivity index (χ2n) is 5.63. The van der Waals surface area contributed by atoms with Crippen LogP contribution in [-0.2, 0) is 6.54 Å². The van der Waals surface area contributed by atoms with Crippen LogP contribution in [0.2, 0.25) is 0 Å². The zero-order valence-electron chi connectivity index (χ0n) is 12.8. The first-order valence-electron chi connectivity index (χ1n) is 7.60. The van der Waals surface area contributed by atoms with Crippen LogP contribution in [0.1, 0.15) is 22.9 Å². The molecule has 116 valence electrons. The molecule has 1 atom stereocenters. The lowest BCUT2D eigenvalue weighted by atomic mass is 10.0. The van der Waals surface area contributed by atoms with Gasteiger partial charge in [-0.2, -0.15) is 0 Å². The van der Waals surface area contributed by atoms with Crippen molar-refractivity contribution in [2.75, 3.05) is 7.11 Å². The summed E-state index contributed by atoms with van der Waals surface area (Å²) in [5, 5.41) is 3.47. The van der Waals surface area contributed by atoms with Gasteiger partial charge in [-0.05, 0) is 42.0 Å². The zero-order valence-corrected chi connectivity index (χ0v) is 12.8. The van der Waals surface area contributed by atoms with Crippen LogP contribution in [-0.4, -0.2) is 11.7 Å². The predicted octanol–water partition coefficient (Wildman–Crippen LogP) is 3.82. The van der Waals surface area contributed by atoms with Crippen molar-refractivity contribution in [3.05, 3.63) is 83.4 Å². The smallest absolute Gasteiger partial charge is 0.128 e. The number of rotatable bonds is 2. The van der Waals surface area contributed by atoms with Gasteiger partial charge in [-0.1, -0.05) is 18.2 Å². The van der Waals surface area contributed by atoms with E-state index in [9.17, 15) is 4.39 Å². The first-order chi connectivity index (χ1) is 11.3. The van der Waals surface area contributed by atoms with E-state index in [-0.39, 0.29) is 11.9 Å². The summed E-state index contributed by atoms with van der Waals surface area (Å²) in [7, 11) is 1.59. The molecule has 3 nitrogen and oxygen atoms in total. The summed E-state index contributed by atoms with van der Waals surface area (Å²) in [4.78, 5) is 0. The SMILES string of the molecule is COc1ccc(F)c(C2NCc3ccccc3-n3cccc32)c1. The van der Waals surface area contributed by atoms with Crippen molar-refractivity contribution in [3.8, 4) is 11.4 Å². The van der Waals surface area contributed by atoms with Gasteiger partial charge in [0.25, 0.3) is 0 Å². The third kappa shape index (κ3) is 2.32. The Labute approximate surface area is 134 Å². The molecule has 0 spiro atoms. The average Bonchev–Trinajstić information content (AvgIpc) is 3.00. The van der Waals surface area contributed by atoms with Crippen molar-refractivity contribution < 1.29 is 9.13 Å². The Kier molecular flexibility index (Phi) is 3.39. The lowest BCUT2D eigenvalue weighted by molar-refractivity contribution is 0.411. The second kappa shape index (κ2) is 5.56. The molecule has 3 aromatic rings. The molecular weight excluding hydrogens is 291 g/mol. The molecule has 1 aromatic heterocycles. The van der Waals surface area contributed by atoms with E-state index in [1.165, 1.54) is 11.6 Å². The third-order valence-electron chi connectivity index (χ3n) is 4.34. The molecule has 0 saturated carbocycles. The fourth-order valence-electron chi connectivity index (χ4n) is 3.20. The number of halogens is 1. The Morgan fingerprint density at radius 1 is 1.13 bits per heavy atom. The van der Waals surface area contributed by atoms with Crippen molar-refractivity contribution >= 4 is 0 Å². The molecule has 0 fully saturated rings. The molecule has 2 aromatic carbocycles. The molecule has 0 radical (unpaired) electrons. The number of para-hydroxylation sites is 1. The van der Waals surface area contributed by atoms with Crippen LogP contribution in [0.4, 0.5) is 4.39 Å². The lowest BCUT2D eigenvalue weighted by Gasteiger charge is -2.19. The molecule has 0 bridgehead atoms. The third-order valence-corrected chi connectivity index (χ3v) is 4.34. The van der Waals surface area contributed by atoms with Crippen LogP contribution in [0.3, 0.4) is 0 Å². The minimum Gasteiger partial charge on any atom is -0.497 e. The summed E-state index contributed by atoms with van der Waals surface area (Å²) in [6, 6.07) is 16.9. The second-order valence-corrected chi connectivity index (χ2v) is 5.63. The Morgan fingerprint density at radius 3 is 2.87 bits per heavy atom. The number of aromatic nitrogens is 1. The first-order valence-corrected chi connectivity index (χ1v) is 7.60. The molecule has 1 N–H and O–H groups in total. The Hall–Kier alpha value is -2.59. The van der Waals surface area contributed by atoms with E-state index in [1.54, 1.807) is 19.2 Å². The van der Waals surface area contributed by atoms with E-state index in [4.69, 9.17) is 4.74 Å². The minimum absolute atomic E-state index is 0.229. The highest BCUT2D eigenvalue weighted by Crippen LogP contribution is 2.33. The summed E-state index contributed by atoms with van der Waals surface area (Å²) >= 11 is 0. The molecule has 1 unspecified atom stereocenters. The van der Waals surface area contributed by atoms with Crippen molar-refractivity contribution in [3.63, 3.8) is 0 Å². The highest BCUT2D eigenvalue weighted by Gasteiger charge is 2.25. The van der Waals surface area contributed by atoms with Gasteiger partial charge in [-0.15, -0.1) is 0 Å². The summed E-state index contributed by atoms with van der Waals surface area (Å²) in [6.07, 6.45) is 2.02. The molecule has 1 aliphatic rings. The van der Waals surface area contributed by atoms with Gasteiger partial charge in [0.2, 0.25) is 0 Å². The fraction of sp³-hybridized carbons (Fsp3) is 0.158. The van der Waals surface area contributed by atoms with Crippen LogP contribution in [0.25, 0.3) is 5.69 Å². The molecule has 0 saturated heterocycles. The maximum absolute atomic E-state index is 14.4. The van der Waals surface area contributed by atoms with Gasteiger partial charge in [0, 0.05) is 29.7 Å². The first kappa shape index (κ1) is 14.0. The minimum atomic E-state index is -0.234. The number of fused-ring (bicyclic) bond motifs is 3. The summed E-state index contributed by atoms with van der Waals surface area (Å²) in [5.74, 6) is 0.421. The largest absolute Gasteiger partial charge is 0.497 e. The Bertz CT molecular complexity index is 856. The van der Waals surface area contributed by atoms with Gasteiger partial charge in [-0.3, -0.25) is 0 Å². The fourth-order valence-corrected chi connectivity index (χ4v) is 3.20. The summed E-state index contributed by atoms with van der Waals surface area (Å²) < 4.78 is 21.8. The van der Waals surface area contributed by atoms with Gasteiger partial charge in [-0.25, -0.2) is 4.39 Å². The molecule has 0 aliphatic carbocycles. The summed E-state index contributed by atoms with van der Waals surface area (Å²) in [6.45, 7) is 0.680. The monoisotopic (exact) mass is 308 g/mol. The molecule has 2 heterocycles. The van der Waals surface area contributed by atoms with Crippen LogP contribution in [0.15, 0.2) is 60.8 Å².